The molecule has 0 unspecified atom stereocenters. The maximum Gasteiger partial charge on any atom is 0.0783 e. The molecule has 0 spiro atoms. The predicted molar refractivity (Wildman–Crippen MR) is 102 cm³/mol. The fourth-order valence-electron chi connectivity index (χ4n) is 6.76. The van der Waals surface area contributed by atoms with Crippen molar-refractivity contribution in [1.29, 1.82) is 0 Å². The van der Waals surface area contributed by atoms with Crippen LogP contribution in [0.3, 0.4) is 0 Å². The molecule has 0 aliphatic heterocycles. The van der Waals surface area contributed by atoms with Gasteiger partial charge in [-0.15, -0.1) is 0 Å². The van der Waals surface area contributed by atoms with Crippen LogP contribution in [0.15, 0.2) is 36.0 Å². The topological polar surface area (TPSA) is 40.5 Å². The number of rotatable bonds is 2. The molecule has 25 heavy (non-hydrogen) atoms. The molecule has 138 valence electrons. The lowest BCUT2D eigenvalue weighted by Gasteiger charge is -2.54. The van der Waals surface area contributed by atoms with Gasteiger partial charge in [-0.1, -0.05) is 70.1 Å². The standard InChI is InChI=1S/C23H34O2/c1-5-14(2)18-8-9-19-17-7-6-15-12-16(24)10-11-22(15,3)20(17)13-21(25)23(18,19)4/h6-7,10-11,13-19,21,24-25H,5,8-9,12H2,1-4H3/t14-,15-,16+,17+,18-,19+,21+,22+,23-/m1/s1. The average Bonchev–Trinajstić information content (AvgIpc) is 2.95. The van der Waals surface area contributed by atoms with E-state index in [0.29, 0.717) is 29.6 Å². The highest BCUT2D eigenvalue weighted by Crippen LogP contribution is 2.64. The molecule has 0 bridgehead atoms. The quantitative estimate of drug-likeness (QED) is 0.726. The molecular formula is C23H34O2. The van der Waals surface area contributed by atoms with Crippen molar-refractivity contribution in [2.75, 3.05) is 0 Å². The van der Waals surface area contributed by atoms with E-state index < -0.39 is 0 Å². The van der Waals surface area contributed by atoms with Gasteiger partial charge in [0.05, 0.1) is 12.2 Å². The van der Waals surface area contributed by atoms with E-state index in [0.717, 1.165) is 6.42 Å². The smallest absolute Gasteiger partial charge is 0.0783 e. The monoisotopic (exact) mass is 342 g/mol. The second kappa shape index (κ2) is 5.82. The second-order valence-corrected chi connectivity index (χ2v) is 9.57. The summed E-state index contributed by atoms with van der Waals surface area (Å²) >= 11 is 0. The van der Waals surface area contributed by atoms with Gasteiger partial charge in [0.15, 0.2) is 0 Å². The Hall–Kier alpha value is -0.860. The Morgan fingerprint density at radius 1 is 1.16 bits per heavy atom. The van der Waals surface area contributed by atoms with E-state index in [-0.39, 0.29) is 23.0 Å². The lowest BCUT2D eigenvalue weighted by atomic mass is 9.51. The SMILES string of the molecule is CC[C@@H](C)[C@H]1CC[C@H]2[C@@H]3C=C[C@@H]4C[C@@H](O)C=C[C@]4(C)C3=C[C@H](O)[C@]12C. The van der Waals surface area contributed by atoms with Crippen LogP contribution in [0, 0.1) is 40.4 Å². The first-order chi connectivity index (χ1) is 11.8. The minimum absolute atomic E-state index is 0.00494. The van der Waals surface area contributed by atoms with E-state index in [9.17, 15) is 10.2 Å². The fraction of sp³-hybridized carbons (Fsp3) is 0.739. The van der Waals surface area contributed by atoms with Gasteiger partial charge in [0.2, 0.25) is 0 Å². The van der Waals surface area contributed by atoms with E-state index in [2.05, 4.69) is 52.0 Å². The van der Waals surface area contributed by atoms with E-state index in [4.69, 9.17) is 0 Å². The molecule has 0 amide bonds. The molecule has 2 N–H and O–H groups in total. The molecular weight excluding hydrogens is 308 g/mol. The summed E-state index contributed by atoms with van der Waals surface area (Å²) in [6, 6.07) is 0. The number of allylic oxidation sites excluding steroid dienone is 4. The fourth-order valence-corrected chi connectivity index (χ4v) is 6.76. The normalized spacial score (nSPS) is 52.2. The molecule has 1 fully saturated rings. The maximum atomic E-state index is 11.3. The molecule has 2 nitrogen and oxygen atoms in total. The minimum Gasteiger partial charge on any atom is -0.389 e. The first kappa shape index (κ1) is 17.5. The Morgan fingerprint density at radius 3 is 2.64 bits per heavy atom. The minimum atomic E-state index is -0.352. The summed E-state index contributed by atoms with van der Waals surface area (Å²) < 4.78 is 0. The van der Waals surface area contributed by atoms with Crippen LogP contribution in [-0.4, -0.2) is 22.4 Å². The largest absolute Gasteiger partial charge is 0.389 e. The van der Waals surface area contributed by atoms with E-state index in [1.807, 2.05) is 6.08 Å². The third-order valence-electron chi connectivity index (χ3n) is 8.59. The number of aliphatic hydroxyl groups excluding tert-OH is 2. The van der Waals surface area contributed by atoms with Gasteiger partial charge in [-0.3, -0.25) is 0 Å². The number of fused-ring (bicyclic) bond motifs is 5. The molecule has 9 atom stereocenters. The summed E-state index contributed by atoms with van der Waals surface area (Å²) in [6.07, 6.45) is 14.9. The summed E-state index contributed by atoms with van der Waals surface area (Å²) in [7, 11) is 0. The van der Waals surface area contributed by atoms with Crippen LogP contribution >= 0.6 is 0 Å². The Morgan fingerprint density at radius 2 is 1.92 bits per heavy atom. The van der Waals surface area contributed by atoms with Crippen LogP contribution in [0.25, 0.3) is 0 Å². The third-order valence-corrected chi connectivity index (χ3v) is 8.59. The Kier molecular flexibility index (Phi) is 4.09. The highest BCUT2D eigenvalue weighted by molar-refractivity contribution is 5.40. The summed E-state index contributed by atoms with van der Waals surface area (Å²) in [4.78, 5) is 0. The highest BCUT2D eigenvalue weighted by Gasteiger charge is 2.59. The lowest BCUT2D eigenvalue weighted by molar-refractivity contribution is -0.0340. The molecule has 1 saturated carbocycles. The number of hydrogen-bond donors (Lipinski definition) is 2. The van der Waals surface area contributed by atoms with Crippen molar-refractivity contribution in [3.8, 4) is 0 Å². The van der Waals surface area contributed by atoms with Crippen molar-refractivity contribution in [3.63, 3.8) is 0 Å². The molecule has 4 aliphatic rings. The van der Waals surface area contributed by atoms with Gasteiger partial charge in [0, 0.05) is 16.7 Å². The van der Waals surface area contributed by atoms with Gasteiger partial charge in [0.25, 0.3) is 0 Å². The van der Waals surface area contributed by atoms with Gasteiger partial charge >= 0.3 is 0 Å². The van der Waals surface area contributed by atoms with E-state index >= 15 is 0 Å². The molecule has 0 saturated heterocycles. The molecule has 4 rings (SSSR count). The first-order valence-electron chi connectivity index (χ1n) is 10.3. The van der Waals surface area contributed by atoms with Crippen LogP contribution in [0.2, 0.25) is 0 Å². The zero-order chi connectivity index (χ0) is 18.0. The molecule has 4 aliphatic carbocycles. The summed E-state index contributed by atoms with van der Waals surface area (Å²) in [5.41, 5.74) is 1.35. The average molecular weight is 343 g/mol. The Bertz CT molecular complexity index is 632. The van der Waals surface area contributed by atoms with Crippen molar-refractivity contribution in [2.24, 2.45) is 40.4 Å². The van der Waals surface area contributed by atoms with Gasteiger partial charge in [-0.2, -0.15) is 0 Å². The van der Waals surface area contributed by atoms with Crippen LogP contribution in [-0.2, 0) is 0 Å². The van der Waals surface area contributed by atoms with Crippen LogP contribution < -0.4 is 0 Å². The van der Waals surface area contributed by atoms with Crippen molar-refractivity contribution in [2.45, 2.75) is 65.6 Å². The van der Waals surface area contributed by atoms with E-state index in [1.54, 1.807) is 0 Å². The number of hydrogen-bond acceptors (Lipinski definition) is 2. The maximum absolute atomic E-state index is 11.3. The van der Waals surface area contributed by atoms with Crippen molar-refractivity contribution in [3.05, 3.63) is 36.0 Å². The second-order valence-electron chi connectivity index (χ2n) is 9.57. The van der Waals surface area contributed by atoms with Crippen LogP contribution in [0.4, 0.5) is 0 Å². The molecule has 0 aromatic rings. The van der Waals surface area contributed by atoms with Crippen molar-refractivity contribution >= 4 is 0 Å². The predicted octanol–water partition coefficient (Wildman–Crippen LogP) is 4.50. The van der Waals surface area contributed by atoms with Gasteiger partial charge < -0.3 is 10.2 Å². The van der Waals surface area contributed by atoms with Crippen LogP contribution in [0.5, 0.6) is 0 Å². The number of aliphatic hydroxyl groups is 2. The molecule has 0 aromatic carbocycles. The molecule has 2 heteroatoms. The highest BCUT2D eigenvalue weighted by atomic mass is 16.3. The van der Waals surface area contributed by atoms with E-state index in [1.165, 1.54) is 24.8 Å². The van der Waals surface area contributed by atoms with Gasteiger partial charge in [-0.05, 0) is 42.9 Å². The zero-order valence-electron chi connectivity index (χ0n) is 16.2. The molecule has 0 aromatic heterocycles. The first-order valence-corrected chi connectivity index (χ1v) is 10.3. The molecule has 0 radical (unpaired) electrons. The van der Waals surface area contributed by atoms with Gasteiger partial charge in [0.1, 0.15) is 0 Å². The van der Waals surface area contributed by atoms with Crippen molar-refractivity contribution in [1.82, 2.24) is 0 Å². The summed E-state index contributed by atoms with van der Waals surface area (Å²) in [6.45, 7) is 9.30. The van der Waals surface area contributed by atoms with Gasteiger partial charge in [-0.25, -0.2) is 0 Å². The Balaban J connectivity index is 1.77. The summed E-state index contributed by atoms with van der Waals surface area (Å²) in [5.74, 6) is 2.61. The Labute approximate surface area is 152 Å². The summed E-state index contributed by atoms with van der Waals surface area (Å²) in [5, 5.41) is 21.3. The van der Waals surface area contributed by atoms with Crippen LogP contribution in [0.1, 0.15) is 53.4 Å². The molecule has 0 heterocycles. The zero-order valence-corrected chi connectivity index (χ0v) is 16.2. The third kappa shape index (κ3) is 2.29. The van der Waals surface area contributed by atoms with Crippen molar-refractivity contribution < 1.29 is 10.2 Å². The lowest BCUT2D eigenvalue weighted by Crippen LogP contribution is -2.51.